The smallest absolute Gasteiger partial charge is 0.101 e. The minimum atomic E-state index is -1.56. The van der Waals surface area contributed by atoms with E-state index in [4.69, 9.17) is 0 Å². The molecule has 150 valence electrons. The lowest BCUT2D eigenvalue weighted by Gasteiger charge is -2.53. The van der Waals surface area contributed by atoms with Crippen LogP contribution in [0.15, 0.2) is 0 Å². The molecule has 6 heteroatoms. The highest BCUT2D eigenvalue weighted by Crippen LogP contribution is 2.70. The monoisotopic (exact) mass is 370 g/mol. The molecule has 4 aliphatic carbocycles. The Morgan fingerprint density at radius 3 is 2.12 bits per heavy atom. The van der Waals surface area contributed by atoms with Crippen molar-refractivity contribution in [3.05, 3.63) is 0 Å². The Hall–Kier alpha value is -0.240. The Labute approximate surface area is 154 Å². The molecule has 0 aromatic rings. The molecule has 4 fully saturated rings. The van der Waals surface area contributed by atoms with Crippen molar-refractivity contribution in [3.8, 4) is 0 Å². The molecule has 6 N–H and O–H groups in total. The van der Waals surface area contributed by atoms with E-state index in [-0.39, 0.29) is 18.8 Å². The summed E-state index contributed by atoms with van der Waals surface area (Å²) in [5, 5.41) is 67.3. The predicted octanol–water partition coefficient (Wildman–Crippen LogP) is 0.168. The van der Waals surface area contributed by atoms with Gasteiger partial charge in [0, 0.05) is 16.7 Å². The van der Waals surface area contributed by atoms with Gasteiger partial charge in [-0.2, -0.15) is 0 Å². The molecule has 6 nitrogen and oxygen atoms in total. The van der Waals surface area contributed by atoms with E-state index in [0.29, 0.717) is 19.3 Å². The van der Waals surface area contributed by atoms with Crippen LogP contribution in [0.4, 0.5) is 0 Å². The third kappa shape index (κ3) is 1.80. The maximum atomic E-state index is 11.9. The van der Waals surface area contributed by atoms with Gasteiger partial charge in [-0.3, -0.25) is 0 Å². The molecule has 4 aliphatic rings. The molecule has 10 atom stereocenters. The zero-order chi connectivity index (χ0) is 19.5. The number of fused-ring (bicyclic) bond motifs is 2. The average molecular weight is 370 g/mol. The molecule has 0 unspecified atom stereocenters. The Balaban J connectivity index is 1.90. The first-order chi connectivity index (χ1) is 11.8. The summed E-state index contributed by atoms with van der Waals surface area (Å²) in [5.74, 6) is -1.25. The van der Waals surface area contributed by atoms with Crippen LogP contribution in [0.5, 0.6) is 0 Å². The van der Waals surface area contributed by atoms with Gasteiger partial charge < -0.3 is 30.6 Å². The Kier molecular flexibility index (Phi) is 3.69. The van der Waals surface area contributed by atoms with Gasteiger partial charge >= 0.3 is 0 Å². The molecule has 0 heterocycles. The van der Waals surface area contributed by atoms with Crippen LogP contribution in [-0.2, 0) is 0 Å². The van der Waals surface area contributed by atoms with Crippen LogP contribution in [-0.4, -0.2) is 65.8 Å². The largest absolute Gasteiger partial charge is 0.392 e. The number of hydrogen-bond donors (Lipinski definition) is 6. The average Bonchev–Trinajstić information content (AvgIpc) is 2.77. The van der Waals surface area contributed by atoms with Gasteiger partial charge in [-0.25, -0.2) is 0 Å². The molecule has 0 aliphatic heterocycles. The van der Waals surface area contributed by atoms with Crippen molar-refractivity contribution in [2.75, 3.05) is 0 Å². The zero-order valence-electron chi connectivity index (χ0n) is 16.2. The minimum absolute atomic E-state index is 0.0187. The molecular weight excluding hydrogens is 336 g/mol. The fraction of sp³-hybridized carbons (Fsp3) is 1.00. The molecule has 2 bridgehead atoms. The first-order valence-electron chi connectivity index (χ1n) is 9.97. The molecule has 1 spiro atoms. The van der Waals surface area contributed by atoms with Gasteiger partial charge in [0.1, 0.15) is 5.60 Å². The fourth-order valence-corrected chi connectivity index (χ4v) is 7.71. The summed E-state index contributed by atoms with van der Waals surface area (Å²) in [6.45, 7) is 7.08. The normalized spacial score (nSPS) is 63.9. The highest BCUT2D eigenvalue weighted by Gasteiger charge is 2.77. The summed E-state index contributed by atoms with van der Waals surface area (Å²) in [4.78, 5) is 0. The van der Waals surface area contributed by atoms with E-state index in [1.807, 2.05) is 6.92 Å². The lowest BCUT2D eigenvalue weighted by molar-refractivity contribution is -0.201. The molecule has 0 aromatic carbocycles. The summed E-state index contributed by atoms with van der Waals surface area (Å²) >= 11 is 0. The van der Waals surface area contributed by atoms with E-state index < -0.39 is 57.8 Å². The summed E-state index contributed by atoms with van der Waals surface area (Å²) in [6.07, 6.45) is -1.45. The minimum Gasteiger partial charge on any atom is -0.392 e. The third-order valence-corrected chi connectivity index (χ3v) is 9.45. The first kappa shape index (κ1) is 19.1. The molecule has 4 saturated carbocycles. The van der Waals surface area contributed by atoms with Crippen LogP contribution in [0.1, 0.15) is 59.8 Å². The van der Waals surface area contributed by atoms with Crippen LogP contribution in [0.3, 0.4) is 0 Å². The first-order valence-corrected chi connectivity index (χ1v) is 9.97. The van der Waals surface area contributed by atoms with Crippen molar-refractivity contribution < 1.29 is 30.6 Å². The molecule has 0 saturated heterocycles. The van der Waals surface area contributed by atoms with Crippen LogP contribution in [0.25, 0.3) is 0 Å². The van der Waals surface area contributed by atoms with Gasteiger partial charge in [0.2, 0.25) is 0 Å². The SMILES string of the molecule is C[C@@H]1[C@@H]2C[C@H](O)C(C)(C)[C@@]2(O)[C@H](O)C[C@@]23C[C@@](C)(O)[C@@H](CC[C@@]12O)[C@@H]3O. The Morgan fingerprint density at radius 2 is 1.50 bits per heavy atom. The Bertz CT molecular complexity index is 619. The summed E-state index contributed by atoms with van der Waals surface area (Å²) in [7, 11) is 0. The summed E-state index contributed by atoms with van der Waals surface area (Å²) < 4.78 is 0. The van der Waals surface area contributed by atoms with Gasteiger partial charge in [-0.1, -0.05) is 20.8 Å². The number of aliphatic hydroxyl groups is 6. The third-order valence-electron chi connectivity index (χ3n) is 9.45. The topological polar surface area (TPSA) is 121 Å². The van der Waals surface area contributed by atoms with E-state index in [1.54, 1.807) is 20.8 Å². The van der Waals surface area contributed by atoms with Gasteiger partial charge in [-0.15, -0.1) is 0 Å². The molecule has 0 aromatic heterocycles. The highest BCUT2D eigenvalue weighted by molar-refractivity contribution is 5.27. The second-order valence-corrected chi connectivity index (χ2v) is 10.6. The predicted molar refractivity (Wildman–Crippen MR) is 94.0 cm³/mol. The zero-order valence-corrected chi connectivity index (χ0v) is 16.2. The number of rotatable bonds is 0. The van der Waals surface area contributed by atoms with E-state index in [0.717, 1.165) is 0 Å². The standard InChI is InChI=1S/C20H34O6/c1-10-12-7-13(21)16(2,3)20(12,26)14(22)8-18-9-17(4,24)11(15(18)23)5-6-19(10,18)25/h10-15,21-26H,5-9H2,1-4H3/t10-,11+,12+,13+,14-,15+,17-,18+,19-,20+/m1/s1. The lowest BCUT2D eigenvalue weighted by atomic mass is 9.56. The van der Waals surface area contributed by atoms with E-state index in [9.17, 15) is 30.6 Å². The van der Waals surface area contributed by atoms with Crippen molar-refractivity contribution in [2.45, 2.75) is 94.9 Å². The molecule has 0 amide bonds. The van der Waals surface area contributed by atoms with Crippen LogP contribution < -0.4 is 0 Å². The van der Waals surface area contributed by atoms with Crippen LogP contribution in [0, 0.1) is 28.6 Å². The van der Waals surface area contributed by atoms with Crippen molar-refractivity contribution in [1.82, 2.24) is 0 Å². The van der Waals surface area contributed by atoms with Gasteiger partial charge in [0.25, 0.3) is 0 Å². The molecule has 26 heavy (non-hydrogen) atoms. The van der Waals surface area contributed by atoms with Crippen molar-refractivity contribution in [2.24, 2.45) is 28.6 Å². The van der Waals surface area contributed by atoms with E-state index in [1.165, 1.54) is 0 Å². The van der Waals surface area contributed by atoms with E-state index in [2.05, 4.69) is 0 Å². The highest BCUT2D eigenvalue weighted by atomic mass is 16.4. The van der Waals surface area contributed by atoms with Crippen LogP contribution in [0.2, 0.25) is 0 Å². The van der Waals surface area contributed by atoms with Crippen molar-refractivity contribution >= 4 is 0 Å². The molecule has 4 rings (SSSR count). The molecule has 0 radical (unpaired) electrons. The van der Waals surface area contributed by atoms with Gasteiger partial charge in [0.15, 0.2) is 0 Å². The number of aliphatic hydroxyl groups excluding tert-OH is 3. The second kappa shape index (κ2) is 5.02. The summed E-state index contributed by atoms with van der Waals surface area (Å²) in [6, 6.07) is 0. The van der Waals surface area contributed by atoms with Crippen molar-refractivity contribution in [1.29, 1.82) is 0 Å². The summed E-state index contributed by atoms with van der Waals surface area (Å²) in [5.41, 5.74) is -5.96. The van der Waals surface area contributed by atoms with Crippen LogP contribution >= 0.6 is 0 Å². The quantitative estimate of drug-likeness (QED) is 0.361. The van der Waals surface area contributed by atoms with Gasteiger partial charge in [-0.05, 0) is 50.9 Å². The lowest BCUT2D eigenvalue weighted by Crippen LogP contribution is -2.60. The fourth-order valence-electron chi connectivity index (χ4n) is 7.71. The van der Waals surface area contributed by atoms with Gasteiger partial charge in [0.05, 0.1) is 29.5 Å². The van der Waals surface area contributed by atoms with E-state index >= 15 is 0 Å². The van der Waals surface area contributed by atoms with Crippen molar-refractivity contribution in [3.63, 3.8) is 0 Å². The maximum Gasteiger partial charge on any atom is 0.101 e. The second-order valence-electron chi connectivity index (χ2n) is 10.6. The maximum absolute atomic E-state index is 11.9. The molecular formula is C20H34O6. The Morgan fingerprint density at radius 1 is 0.885 bits per heavy atom. The number of hydrogen-bond acceptors (Lipinski definition) is 6.